The Labute approximate surface area is 127 Å². The topological polar surface area (TPSA) is 21.3 Å². The molecule has 0 aromatic heterocycles. The molecule has 0 saturated carbocycles. The van der Waals surface area contributed by atoms with E-state index in [0.717, 1.165) is 19.6 Å². The second-order valence-electron chi connectivity index (χ2n) is 5.87. The highest BCUT2D eigenvalue weighted by molar-refractivity contribution is 6.95. The number of hydrogen-bond donors (Lipinski definition) is 1. The first-order valence-electron chi connectivity index (χ1n) is 8.04. The van der Waals surface area contributed by atoms with Crippen LogP contribution in [-0.4, -0.2) is 19.6 Å². The van der Waals surface area contributed by atoms with Gasteiger partial charge >= 0.3 is 0 Å². The Hall–Kier alpha value is -1.58. The van der Waals surface area contributed by atoms with Gasteiger partial charge < -0.3 is 9.88 Å². The zero-order valence-electron chi connectivity index (χ0n) is 12.7. The van der Waals surface area contributed by atoms with Gasteiger partial charge in [0.2, 0.25) is 6.48 Å². The van der Waals surface area contributed by atoms with Gasteiger partial charge in [-0.1, -0.05) is 67.9 Å². The van der Waals surface area contributed by atoms with Crippen molar-refractivity contribution in [2.24, 2.45) is 0 Å². The lowest BCUT2D eigenvalue weighted by Crippen LogP contribution is -2.67. The number of benzene rings is 2. The molecule has 3 rings (SSSR count). The summed E-state index contributed by atoms with van der Waals surface area (Å²) in [7, 11) is 0. The monoisotopic (exact) mass is 280 g/mol. The van der Waals surface area contributed by atoms with Crippen molar-refractivity contribution in [3.63, 3.8) is 0 Å². The number of hydrogen-bond acceptors (Lipinski definition) is 2. The van der Waals surface area contributed by atoms with E-state index in [1.807, 2.05) is 0 Å². The van der Waals surface area contributed by atoms with E-state index in [1.54, 1.807) is 0 Å². The summed E-state index contributed by atoms with van der Waals surface area (Å²) in [6.45, 7) is 2.66. The minimum atomic E-state index is -1.25. The second kappa shape index (κ2) is 6.46. The number of nitrogens with one attached hydrogen (secondary N) is 1. The number of aryl methyl sites for hydroxylation is 1. The number of unbranched alkanes of at least 4 members (excludes halogenated alkanes) is 1. The standard InChI is InChI=1S/C18H23BNO/c1-2-3-7-16-10-12-18(13-11-16)19(20-14-15-21-19)17-8-5-4-6-9-17/h4-6,8-13,20H,2-3,7,14-15H2,1H3/q-1. The molecule has 1 saturated heterocycles. The average Bonchev–Trinajstić information content (AvgIpc) is 3.05. The van der Waals surface area contributed by atoms with Crippen LogP contribution in [0, 0.1) is 0 Å². The summed E-state index contributed by atoms with van der Waals surface area (Å²) < 4.78 is 6.19. The van der Waals surface area contributed by atoms with Crippen molar-refractivity contribution < 1.29 is 4.65 Å². The molecule has 1 heterocycles. The van der Waals surface area contributed by atoms with Crippen LogP contribution in [0.1, 0.15) is 25.3 Å². The lowest BCUT2D eigenvalue weighted by Gasteiger charge is -2.37. The van der Waals surface area contributed by atoms with E-state index < -0.39 is 6.48 Å². The first-order valence-corrected chi connectivity index (χ1v) is 8.04. The fraction of sp³-hybridized carbons (Fsp3) is 0.333. The molecule has 1 aliphatic heterocycles. The lowest BCUT2D eigenvalue weighted by molar-refractivity contribution is 0.367. The molecule has 1 atom stereocenters. The van der Waals surface area contributed by atoms with Gasteiger partial charge in [-0.05, 0) is 24.9 Å². The van der Waals surface area contributed by atoms with E-state index in [1.165, 1.54) is 29.3 Å². The Kier molecular flexibility index (Phi) is 4.42. The molecule has 2 aromatic rings. The predicted molar refractivity (Wildman–Crippen MR) is 90.5 cm³/mol. The molecule has 21 heavy (non-hydrogen) atoms. The Bertz CT molecular complexity index is 562. The van der Waals surface area contributed by atoms with Crippen molar-refractivity contribution in [2.75, 3.05) is 13.2 Å². The maximum absolute atomic E-state index is 6.19. The molecular weight excluding hydrogens is 257 g/mol. The molecule has 1 aliphatic rings. The van der Waals surface area contributed by atoms with Crippen LogP contribution in [0.4, 0.5) is 0 Å². The Morgan fingerprint density at radius 2 is 1.71 bits per heavy atom. The summed E-state index contributed by atoms with van der Waals surface area (Å²) in [5.74, 6) is 0. The van der Waals surface area contributed by atoms with Crippen molar-refractivity contribution in [2.45, 2.75) is 26.2 Å². The summed E-state index contributed by atoms with van der Waals surface area (Å²) in [4.78, 5) is 0. The van der Waals surface area contributed by atoms with Crippen LogP contribution >= 0.6 is 0 Å². The van der Waals surface area contributed by atoms with Crippen molar-refractivity contribution in [3.05, 3.63) is 60.2 Å². The van der Waals surface area contributed by atoms with Crippen LogP contribution in [0.15, 0.2) is 54.6 Å². The van der Waals surface area contributed by atoms with Crippen molar-refractivity contribution in [1.82, 2.24) is 5.23 Å². The maximum atomic E-state index is 6.19. The van der Waals surface area contributed by atoms with Crippen LogP contribution < -0.4 is 16.2 Å². The van der Waals surface area contributed by atoms with Gasteiger partial charge in [0.05, 0.1) is 0 Å². The third-order valence-electron chi connectivity index (χ3n) is 4.44. The summed E-state index contributed by atoms with van der Waals surface area (Å²) in [5, 5.41) is 3.61. The van der Waals surface area contributed by atoms with Crippen molar-refractivity contribution >= 4 is 17.4 Å². The second-order valence-corrected chi connectivity index (χ2v) is 5.87. The molecular formula is C18H23BNO-. The molecule has 3 heteroatoms. The highest BCUT2D eigenvalue weighted by atomic mass is 16.5. The molecule has 0 amide bonds. The predicted octanol–water partition coefficient (Wildman–Crippen LogP) is 2.21. The average molecular weight is 280 g/mol. The fourth-order valence-corrected chi connectivity index (χ4v) is 3.24. The van der Waals surface area contributed by atoms with E-state index in [-0.39, 0.29) is 0 Å². The molecule has 0 bridgehead atoms. The van der Waals surface area contributed by atoms with Crippen LogP contribution in [0.2, 0.25) is 0 Å². The number of rotatable bonds is 5. The van der Waals surface area contributed by atoms with Gasteiger partial charge in [-0.15, -0.1) is 0 Å². The van der Waals surface area contributed by atoms with Gasteiger partial charge in [-0.3, -0.25) is 0 Å². The fourth-order valence-electron chi connectivity index (χ4n) is 3.24. The highest BCUT2D eigenvalue weighted by Gasteiger charge is 2.32. The van der Waals surface area contributed by atoms with Crippen molar-refractivity contribution in [1.29, 1.82) is 0 Å². The van der Waals surface area contributed by atoms with E-state index >= 15 is 0 Å². The Morgan fingerprint density at radius 1 is 1.00 bits per heavy atom. The maximum Gasteiger partial charge on any atom is 0.239 e. The molecule has 1 unspecified atom stereocenters. The van der Waals surface area contributed by atoms with E-state index in [4.69, 9.17) is 4.65 Å². The van der Waals surface area contributed by atoms with Gasteiger partial charge in [0.25, 0.3) is 0 Å². The van der Waals surface area contributed by atoms with E-state index in [0.29, 0.717) is 0 Å². The van der Waals surface area contributed by atoms with Gasteiger partial charge in [0, 0.05) is 6.61 Å². The van der Waals surface area contributed by atoms with Crippen molar-refractivity contribution in [3.8, 4) is 0 Å². The van der Waals surface area contributed by atoms with Gasteiger partial charge in [-0.25, -0.2) is 0 Å². The normalized spacial score (nSPS) is 21.6. The SMILES string of the molecule is CCCCc1ccc([B-]2(c3ccccc3)NCCO2)cc1. The van der Waals surface area contributed by atoms with E-state index in [9.17, 15) is 0 Å². The minimum Gasteiger partial charge on any atom is -0.570 e. The van der Waals surface area contributed by atoms with Gasteiger partial charge in [0.15, 0.2) is 0 Å². The quantitative estimate of drug-likeness (QED) is 0.848. The lowest BCUT2D eigenvalue weighted by atomic mass is 9.42. The zero-order valence-corrected chi connectivity index (χ0v) is 12.7. The third-order valence-corrected chi connectivity index (χ3v) is 4.44. The van der Waals surface area contributed by atoms with Crippen LogP contribution in [0.5, 0.6) is 0 Å². The van der Waals surface area contributed by atoms with Crippen LogP contribution in [0.25, 0.3) is 0 Å². The Balaban J connectivity index is 1.91. The summed E-state index contributed by atoms with van der Waals surface area (Å²) in [6.07, 6.45) is 3.66. The molecule has 110 valence electrons. The zero-order chi connectivity index (χ0) is 14.5. The van der Waals surface area contributed by atoms with Crippen LogP contribution in [0.3, 0.4) is 0 Å². The summed E-state index contributed by atoms with van der Waals surface area (Å²) >= 11 is 0. The molecule has 0 spiro atoms. The van der Waals surface area contributed by atoms with Crippen LogP contribution in [-0.2, 0) is 11.1 Å². The molecule has 0 aliphatic carbocycles. The Morgan fingerprint density at radius 3 is 2.33 bits per heavy atom. The van der Waals surface area contributed by atoms with Gasteiger partial charge in [0.1, 0.15) is 0 Å². The molecule has 1 fully saturated rings. The van der Waals surface area contributed by atoms with E-state index in [2.05, 4.69) is 66.7 Å². The molecule has 2 aromatic carbocycles. The van der Waals surface area contributed by atoms with Gasteiger partial charge in [-0.2, -0.15) is 10.9 Å². The molecule has 0 radical (unpaired) electrons. The first kappa shape index (κ1) is 14.4. The third kappa shape index (κ3) is 2.90. The highest BCUT2D eigenvalue weighted by Crippen LogP contribution is 2.11. The first-order chi connectivity index (χ1) is 10.3. The molecule has 1 N–H and O–H groups in total. The molecule has 2 nitrogen and oxygen atoms in total. The minimum absolute atomic E-state index is 0.770. The summed E-state index contributed by atoms with van der Waals surface area (Å²) in [5.41, 5.74) is 3.90. The smallest absolute Gasteiger partial charge is 0.239 e. The largest absolute Gasteiger partial charge is 0.570 e. The summed E-state index contributed by atoms with van der Waals surface area (Å²) in [6, 6.07) is 19.5.